The molecule has 0 fully saturated rings. The van der Waals surface area contributed by atoms with Crippen molar-refractivity contribution in [1.82, 2.24) is 14.9 Å². The lowest BCUT2D eigenvalue weighted by Gasteiger charge is -2.18. The monoisotopic (exact) mass is 393 g/mol. The number of rotatable bonds is 8. The lowest BCUT2D eigenvalue weighted by molar-refractivity contribution is -0.121. The molecule has 29 heavy (non-hydrogen) atoms. The van der Waals surface area contributed by atoms with Gasteiger partial charge in [-0.2, -0.15) is 0 Å². The number of aryl methyl sites for hydroxylation is 1. The third-order valence-corrected chi connectivity index (χ3v) is 4.87. The van der Waals surface area contributed by atoms with Crippen molar-refractivity contribution >= 4 is 22.7 Å². The molecule has 0 saturated heterocycles. The smallest absolute Gasteiger partial charge is 0.220 e. The van der Waals surface area contributed by atoms with E-state index in [0.29, 0.717) is 36.8 Å². The van der Waals surface area contributed by atoms with Crippen LogP contribution in [0.4, 0.5) is 0 Å². The Morgan fingerprint density at radius 3 is 2.76 bits per heavy atom. The summed E-state index contributed by atoms with van der Waals surface area (Å²) in [6.07, 6.45) is 2.94. The topological polar surface area (TPSA) is 82.5 Å². The van der Waals surface area contributed by atoms with Gasteiger partial charge < -0.3 is 19.4 Å². The molecule has 1 N–H and O–H groups in total. The van der Waals surface area contributed by atoms with Crippen molar-refractivity contribution in [3.63, 3.8) is 0 Å². The molecule has 1 amide bonds. The first kappa shape index (κ1) is 19.0. The first-order valence-corrected chi connectivity index (χ1v) is 9.80. The molecule has 1 aliphatic heterocycles. The molecule has 0 aliphatic carbocycles. The van der Waals surface area contributed by atoms with Crippen LogP contribution in [0.25, 0.3) is 11.0 Å². The fraction of sp³-hybridized carbons (Fsp3) is 0.318. The van der Waals surface area contributed by atoms with Gasteiger partial charge in [-0.15, -0.1) is 0 Å². The van der Waals surface area contributed by atoms with Crippen molar-refractivity contribution in [2.24, 2.45) is 0 Å². The minimum absolute atomic E-state index is 0.0815. The number of amides is 1. The number of Topliss-reactive ketones (excluding diaryl/α,β-unsaturated/α-hetero) is 1. The predicted molar refractivity (Wildman–Crippen MR) is 108 cm³/mol. The van der Waals surface area contributed by atoms with Crippen LogP contribution in [0.5, 0.6) is 11.5 Å². The van der Waals surface area contributed by atoms with E-state index in [0.717, 1.165) is 24.0 Å². The second-order valence-corrected chi connectivity index (χ2v) is 6.91. The Hall–Kier alpha value is -3.35. The highest BCUT2D eigenvalue weighted by Gasteiger charge is 2.15. The normalized spacial score (nSPS) is 12.7. The maximum absolute atomic E-state index is 12.4. The summed E-state index contributed by atoms with van der Waals surface area (Å²) in [5, 5.41) is 2.88. The van der Waals surface area contributed by atoms with Gasteiger partial charge in [-0.3, -0.25) is 9.59 Å². The number of nitrogens with one attached hydrogen (secondary N) is 1. The van der Waals surface area contributed by atoms with Gasteiger partial charge >= 0.3 is 0 Å². The van der Waals surface area contributed by atoms with Gasteiger partial charge in [-0.25, -0.2) is 4.98 Å². The van der Waals surface area contributed by atoms with Crippen LogP contribution in [0, 0.1) is 0 Å². The number of carbonyl (C=O) groups is 2. The van der Waals surface area contributed by atoms with E-state index in [1.807, 2.05) is 30.6 Å². The summed E-state index contributed by atoms with van der Waals surface area (Å²) in [7, 11) is 0. The Labute approximate surface area is 168 Å². The number of fused-ring (bicyclic) bond motifs is 2. The van der Waals surface area contributed by atoms with E-state index >= 15 is 0 Å². The first-order valence-electron chi connectivity index (χ1n) is 9.80. The molecule has 2 heterocycles. The first-order chi connectivity index (χ1) is 14.2. The summed E-state index contributed by atoms with van der Waals surface area (Å²) in [5.41, 5.74) is 2.59. The Balaban J connectivity index is 1.19. The van der Waals surface area contributed by atoms with E-state index in [4.69, 9.17) is 9.47 Å². The van der Waals surface area contributed by atoms with Gasteiger partial charge in [0.15, 0.2) is 17.3 Å². The summed E-state index contributed by atoms with van der Waals surface area (Å²) in [5.74, 6) is 1.03. The number of ether oxygens (including phenoxy) is 2. The van der Waals surface area contributed by atoms with E-state index in [2.05, 4.69) is 14.9 Å². The molecule has 7 nitrogen and oxygen atoms in total. The number of benzene rings is 2. The molecule has 0 spiro atoms. The lowest BCUT2D eigenvalue weighted by Crippen LogP contribution is -2.25. The molecule has 0 radical (unpaired) electrons. The van der Waals surface area contributed by atoms with Crippen LogP contribution in [-0.2, 0) is 11.3 Å². The van der Waals surface area contributed by atoms with Gasteiger partial charge in [0.2, 0.25) is 5.91 Å². The molecular formula is C22H23N3O4. The van der Waals surface area contributed by atoms with Gasteiger partial charge in [0, 0.05) is 31.5 Å². The second-order valence-electron chi connectivity index (χ2n) is 6.91. The average Bonchev–Trinajstić information content (AvgIpc) is 3.18. The molecule has 1 aliphatic rings. The van der Waals surface area contributed by atoms with E-state index in [9.17, 15) is 9.59 Å². The number of imidazole rings is 1. The zero-order chi connectivity index (χ0) is 20.1. The van der Waals surface area contributed by atoms with Crippen LogP contribution >= 0.6 is 0 Å². The molecule has 0 saturated carbocycles. The second kappa shape index (κ2) is 8.77. The van der Waals surface area contributed by atoms with Gasteiger partial charge in [-0.05, 0) is 36.8 Å². The zero-order valence-electron chi connectivity index (χ0n) is 16.1. The van der Waals surface area contributed by atoms with Gasteiger partial charge in [-0.1, -0.05) is 12.1 Å². The van der Waals surface area contributed by atoms with Gasteiger partial charge in [0.1, 0.15) is 13.2 Å². The molecule has 4 rings (SSSR count). The summed E-state index contributed by atoms with van der Waals surface area (Å²) < 4.78 is 13.0. The van der Waals surface area contributed by atoms with Crippen molar-refractivity contribution in [2.75, 3.05) is 19.8 Å². The third-order valence-electron chi connectivity index (χ3n) is 4.87. The molecule has 0 unspecified atom stereocenters. The van der Waals surface area contributed by atoms with Crippen LogP contribution in [0.15, 0.2) is 48.8 Å². The quantitative estimate of drug-likeness (QED) is 0.470. The summed E-state index contributed by atoms with van der Waals surface area (Å²) >= 11 is 0. The minimum Gasteiger partial charge on any atom is -0.486 e. The fourth-order valence-electron chi connectivity index (χ4n) is 3.34. The van der Waals surface area contributed by atoms with Crippen molar-refractivity contribution in [1.29, 1.82) is 0 Å². The molecule has 1 aromatic heterocycles. The minimum atomic E-state index is -0.119. The van der Waals surface area contributed by atoms with Gasteiger partial charge in [0.05, 0.1) is 17.4 Å². The van der Waals surface area contributed by atoms with Crippen LogP contribution in [0.2, 0.25) is 0 Å². The number of ketones is 1. The van der Waals surface area contributed by atoms with Gasteiger partial charge in [0.25, 0.3) is 0 Å². The fourth-order valence-corrected chi connectivity index (χ4v) is 3.34. The Kier molecular flexibility index (Phi) is 5.74. The summed E-state index contributed by atoms with van der Waals surface area (Å²) in [6, 6.07) is 13.1. The lowest BCUT2D eigenvalue weighted by atomic mass is 10.1. The highest BCUT2D eigenvalue weighted by Crippen LogP contribution is 2.31. The summed E-state index contributed by atoms with van der Waals surface area (Å²) in [4.78, 5) is 28.8. The number of para-hydroxylation sites is 2. The van der Waals surface area contributed by atoms with E-state index in [-0.39, 0.29) is 24.5 Å². The Morgan fingerprint density at radius 2 is 1.86 bits per heavy atom. The molecule has 150 valence electrons. The number of nitrogens with zero attached hydrogens (tertiary/aromatic N) is 2. The SMILES string of the molecule is O=C(CCC(=O)c1ccc2c(c1)OCCO2)NCCCn1cnc2ccccc21. The van der Waals surface area contributed by atoms with E-state index in [1.165, 1.54) is 0 Å². The zero-order valence-corrected chi connectivity index (χ0v) is 16.1. The molecular weight excluding hydrogens is 370 g/mol. The van der Waals surface area contributed by atoms with E-state index in [1.54, 1.807) is 18.2 Å². The third kappa shape index (κ3) is 4.56. The summed E-state index contributed by atoms with van der Waals surface area (Å²) in [6.45, 7) is 2.32. The average molecular weight is 393 g/mol. The Morgan fingerprint density at radius 1 is 1.03 bits per heavy atom. The molecule has 7 heteroatoms. The number of hydrogen-bond donors (Lipinski definition) is 1. The maximum atomic E-state index is 12.4. The maximum Gasteiger partial charge on any atom is 0.220 e. The van der Waals surface area contributed by atoms with Crippen LogP contribution in [0.3, 0.4) is 0 Å². The molecule has 2 aromatic carbocycles. The Bertz CT molecular complexity index is 1030. The highest BCUT2D eigenvalue weighted by molar-refractivity contribution is 5.98. The molecule has 0 atom stereocenters. The van der Waals surface area contributed by atoms with Crippen LogP contribution in [-0.4, -0.2) is 41.0 Å². The van der Waals surface area contributed by atoms with Crippen molar-refractivity contribution < 1.29 is 19.1 Å². The number of hydrogen-bond acceptors (Lipinski definition) is 5. The molecule has 0 bridgehead atoms. The molecule has 3 aromatic rings. The van der Waals surface area contributed by atoms with E-state index < -0.39 is 0 Å². The largest absolute Gasteiger partial charge is 0.486 e. The van der Waals surface area contributed by atoms with Crippen LogP contribution in [0.1, 0.15) is 29.6 Å². The van der Waals surface area contributed by atoms with Crippen LogP contribution < -0.4 is 14.8 Å². The van der Waals surface area contributed by atoms with Crippen molar-refractivity contribution in [2.45, 2.75) is 25.8 Å². The standard InChI is InChI=1S/C22H23N3O4/c26-19(16-6-8-20-21(14-16)29-13-12-28-20)7-9-22(27)23-10-3-11-25-15-24-17-4-1-2-5-18(17)25/h1-2,4-6,8,14-15H,3,7,9-13H2,(H,23,27). The number of aromatic nitrogens is 2. The number of carbonyl (C=O) groups excluding carboxylic acids is 2. The van der Waals surface area contributed by atoms with Crippen molar-refractivity contribution in [3.8, 4) is 11.5 Å². The predicted octanol–water partition coefficient (Wildman–Crippen LogP) is 2.98. The van der Waals surface area contributed by atoms with Crippen molar-refractivity contribution in [3.05, 3.63) is 54.4 Å². The highest BCUT2D eigenvalue weighted by atomic mass is 16.6.